The third-order valence-electron chi connectivity index (χ3n) is 5.35. The van der Waals surface area contributed by atoms with Gasteiger partial charge in [-0.25, -0.2) is 0 Å². The van der Waals surface area contributed by atoms with Crippen LogP contribution in [-0.4, -0.2) is 44.9 Å². The Bertz CT molecular complexity index is 408. The first-order chi connectivity index (χ1) is 9.96. The summed E-state index contributed by atoms with van der Waals surface area (Å²) in [6.45, 7) is 35.9. The van der Waals surface area contributed by atoms with Crippen LogP contribution in [0.4, 0.5) is 0 Å². The average Bonchev–Trinajstić information content (AvgIpc) is 2.03. The minimum Gasteiger partial charge on any atom is -0.438 e. The van der Waals surface area contributed by atoms with Crippen LogP contribution in [0.5, 0.6) is 0 Å². The Morgan fingerprint density at radius 3 is 1.04 bits per heavy atom. The molecule has 24 heavy (non-hydrogen) atoms. The van der Waals surface area contributed by atoms with E-state index in [1.54, 1.807) is 0 Å². The Hall–Kier alpha value is 1.00. The molecule has 1 atom stereocenters. The SMILES string of the molecule is CC(C)(C)C([Si](C)(C)C)([Si](C)(C)C)[Si](O)(O[Si](C)(C)C)[Si](C)(C)C. The van der Waals surface area contributed by atoms with Crippen molar-refractivity contribution in [3.05, 3.63) is 0 Å². The van der Waals surface area contributed by atoms with Crippen LogP contribution in [0.1, 0.15) is 20.8 Å². The molecular formula is C17H46O2Si5. The van der Waals surface area contributed by atoms with Crippen LogP contribution in [-0.2, 0) is 4.12 Å². The predicted octanol–water partition coefficient (Wildman–Crippen LogP) is 6.23. The fourth-order valence-electron chi connectivity index (χ4n) is 6.14. The summed E-state index contributed by atoms with van der Waals surface area (Å²) in [6, 6.07) is 0. The maximum Gasteiger partial charge on any atom is 0.304 e. The minimum atomic E-state index is -2.95. The van der Waals surface area contributed by atoms with Crippen LogP contribution < -0.4 is 0 Å². The lowest BCUT2D eigenvalue weighted by Crippen LogP contribution is -2.83. The third-order valence-corrected chi connectivity index (χ3v) is 39.5. The van der Waals surface area contributed by atoms with E-state index in [1.807, 2.05) is 0 Å². The molecule has 0 aliphatic rings. The largest absolute Gasteiger partial charge is 0.438 e. The molecule has 0 aromatic rings. The maximum absolute atomic E-state index is 12.7. The summed E-state index contributed by atoms with van der Waals surface area (Å²) in [6.07, 6.45) is 0. The van der Waals surface area contributed by atoms with Crippen LogP contribution in [0.3, 0.4) is 0 Å². The molecule has 1 N–H and O–H groups in total. The zero-order chi connectivity index (χ0) is 20.2. The molecule has 0 amide bonds. The van der Waals surface area contributed by atoms with Gasteiger partial charge in [0.1, 0.15) is 7.59 Å². The molecule has 0 radical (unpaired) electrons. The van der Waals surface area contributed by atoms with Crippen LogP contribution >= 0.6 is 0 Å². The molecule has 0 bridgehead atoms. The lowest BCUT2D eigenvalue weighted by atomic mass is 9.99. The van der Waals surface area contributed by atoms with E-state index < -0.39 is 40.1 Å². The van der Waals surface area contributed by atoms with Crippen molar-refractivity contribution in [1.29, 1.82) is 0 Å². The summed E-state index contributed by atoms with van der Waals surface area (Å²) < 4.78 is 7.00. The highest BCUT2D eigenvalue weighted by molar-refractivity contribution is 7.44. The smallest absolute Gasteiger partial charge is 0.304 e. The van der Waals surface area contributed by atoms with Gasteiger partial charge in [0.15, 0.2) is 8.32 Å². The van der Waals surface area contributed by atoms with Crippen molar-refractivity contribution in [3.63, 3.8) is 0 Å². The number of hydrogen-bond donors (Lipinski definition) is 1. The van der Waals surface area contributed by atoms with Gasteiger partial charge in [-0.3, -0.25) is 0 Å². The van der Waals surface area contributed by atoms with E-state index in [0.717, 1.165) is 0 Å². The molecule has 0 spiro atoms. The molecule has 0 saturated heterocycles. The molecule has 0 aromatic heterocycles. The Labute approximate surface area is 158 Å². The predicted molar refractivity (Wildman–Crippen MR) is 125 cm³/mol. The fraction of sp³-hybridized carbons (Fsp3) is 1.00. The van der Waals surface area contributed by atoms with Crippen molar-refractivity contribution in [2.75, 3.05) is 0 Å². The van der Waals surface area contributed by atoms with Crippen molar-refractivity contribution in [2.24, 2.45) is 5.41 Å². The van der Waals surface area contributed by atoms with Crippen molar-refractivity contribution in [1.82, 2.24) is 0 Å². The van der Waals surface area contributed by atoms with Crippen LogP contribution in [0.15, 0.2) is 0 Å². The highest BCUT2D eigenvalue weighted by Gasteiger charge is 2.75. The van der Waals surface area contributed by atoms with Crippen molar-refractivity contribution < 1.29 is 8.91 Å². The maximum atomic E-state index is 12.7. The van der Waals surface area contributed by atoms with E-state index in [1.165, 1.54) is 0 Å². The Morgan fingerprint density at radius 1 is 0.625 bits per heavy atom. The molecule has 0 aliphatic carbocycles. The molecule has 0 aromatic carbocycles. The molecule has 0 saturated carbocycles. The highest BCUT2D eigenvalue weighted by Crippen LogP contribution is 2.65. The van der Waals surface area contributed by atoms with Crippen molar-refractivity contribution in [2.45, 2.75) is 104 Å². The first-order valence-corrected chi connectivity index (χ1v) is 26.1. The summed E-state index contributed by atoms with van der Waals surface area (Å²) in [5.74, 6) is 0. The Balaban J connectivity index is 7.25. The van der Waals surface area contributed by atoms with Gasteiger partial charge in [0.25, 0.3) is 0 Å². The molecule has 2 nitrogen and oxygen atoms in total. The van der Waals surface area contributed by atoms with E-state index in [4.69, 9.17) is 4.12 Å². The second-order valence-electron chi connectivity index (χ2n) is 12.6. The van der Waals surface area contributed by atoms with Crippen molar-refractivity contribution in [3.8, 4) is 0 Å². The minimum absolute atomic E-state index is 0.00471. The molecule has 0 rings (SSSR count). The average molecular weight is 423 g/mol. The molecule has 0 aliphatic heterocycles. The van der Waals surface area contributed by atoms with Gasteiger partial charge in [0.05, 0.1) is 16.1 Å². The van der Waals surface area contributed by atoms with Gasteiger partial charge < -0.3 is 8.91 Å². The molecule has 0 fully saturated rings. The first-order valence-electron chi connectivity index (χ1n) is 9.38. The molecule has 7 heteroatoms. The van der Waals surface area contributed by atoms with Gasteiger partial charge in [-0.2, -0.15) is 0 Å². The van der Waals surface area contributed by atoms with Crippen LogP contribution in [0.25, 0.3) is 0 Å². The van der Waals surface area contributed by atoms with Gasteiger partial charge in [0.2, 0.25) is 0 Å². The van der Waals surface area contributed by atoms with E-state index in [0.29, 0.717) is 0 Å². The van der Waals surface area contributed by atoms with Crippen molar-refractivity contribution >= 4 is 40.1 Å². The van der Waals surface area contributed by atoms with Crippen LogP contribution in [0.2, 0.25) is 82.8 Å². The Kier molecular flexibility index (Phi) is 6.83. The summed E-state index contributed by atoms with van der Waals surface area (Å²) in [4.78, 5) is 12.7. The molecule has 0 heterocycles. The monoisotopic (exact) mass is 422 g/mol. The summed E-state index contributed by atoms with van der Waals surface area (Å²) in [5.41, 5.74) is 0.0584. The zero-order valence-corrected chi connectivity index (χ0v) is 24.4. The molecular weight excluding hydrogens is 377 g/mol. The van der Waals surface area contributed by atoms with E-state index in [9.17, 15) is 4.80 Å². The fourth-order valence-corrected chi connectivity index (χ4v) is 59.7. The molecule has 1 unspecified atom stereocenters. The third kappa shape index (κ3) is 4.12. The lowest BCUT2D eigenvalue weighted by Gasteiger charge is -2.68. The van der Waals surface area contributed by atoms with Crippen LogP contribution in [0, 0.1) is 5.41 Å². The topological polar surface area (TPSA) is 29.5 Å². The van der Waals surface area contributed by atoms with E-state index in [-0.39, 0.29) is 9.70 Å². The Morgan fingerprint density at radius 2 is 0.917 bits per heavy atom. The highest BCUT2D eigenvalue weighted by atomic mass is 29.3. The quantitative estimate of drug-likeness (QED) is 0.514. The summed E-state index contributed by atoms with van der Waals surface area (Å²) in [7, 11) is -10.2. The van der Waals surface area contributed by atoms with Gasteiger partial charge in [-0.05, 0) is 25.1 Å². The summed E-state index contributed by atoms with van der Waals surface area (Å²) >= 11 is 0. The van der Waals surface area contributed by atoms with Gasteiger partial charge in [0, 0.05) is 4.28 Å². The van der Waals surface area contributed by atoms with E-state index >= 15 is 0 Å². The second-order valence-corrected chi connectivity index (χ2v) is 42.7. The van der Waals surface area contributed by atoms with Gasteiger partial charge in [-0.1, -0.05) is 79.7 Å². The first kappa shape index (κ1) is 25.0. The molecule has 146 valence electrons. The van der Waals surface area contributed by atoms with E-state index in [2.05, 4.69) is 99.3 Å². The zero-order valence-electron chi connectivity index (χ0n) is 19.4. The lowest BCUT2D eigenvalue weighted by molar-refractivity contribution is 0.295. The standard InChI is InChI=1S/C17H46O2Si5/c1-16(2,3)17(20(4,5)6,21(7,8)9)24(18,23(13,14)15)19-22(10,11)12/h18H,1-15H3. The second kappa shape index (κ2) is 6.56. The summed E-state index contributed by atoms with van der Waals surface area (Å²) in [5, 5.41) is 0. The van der Waals surface area contributed by atoms with Gasteiger partial charge >= 0.3 is 8.08 Å². The number of hydrogen-bond acceptors (Lipinski definition) is 2. The normalized spacial score (nSPS) is 18.5. The number of rotatable bonds is 6. The van der Waals surface area contributed by atoms with Gasteiger partial charge in [-0.15, -0.1) is 0 Å².